The first-order valence-corrected chi connectivity index (χ1v) is 9.40. The molecule has 1 aliphatic carbocycles. The lowest BCUT2D eigenvalue weighted by Gasteiger charge is -2.35. The zero-order valence-electron chi connectivity index (χ0n) is 11.0. The van der Waals surface area contributed by atoms with Gasteiger partial charge in [0.25, 0.3) is 0 Å². The van der Waals surface area contributed by atoms with Crippen molar-refractivity contribution in [1.82, 2.24) is 4.98 Å². The van der Waals surface area contributed by atoms with Gasteiger partial charge in [0.1, 0.15) is 5.75 Å². The van der Waals surface area contributed by atoms with Gasteiger partial charge in [-0.25, -0.2) is 8.42 Å². The largest absolute Gasteiger partial charge is 0.491 e. The minimum atomic E-state index is -3.54. The Morgan fingerprint density at radius 2 is 1.95 bits per heavy atom. The molecule has 0 unspecified atom stereocenters. The van der Waals surface area contributed by atoms with E-state index in [2.05, 4.69) is 4.98 Å². The number of nitrogens with zero attached hydrogens (tertiary/aromatic N) is 1. The van der Waals surface area contributed by atoms with Crippen molar-refractivity contribution in [2.24, 2.45) is 5.41 Å². The second-order valence-corrected chi connectivity index (χ2v) is 8.58. The van der Waals surface area contributed by atoms with Crippen molar-refractivity contribution in [3.05, 3.63) is 23.5 Å². The molecule has 0 aliphatic heterocycles. The Hall–Kier alpha value is -0.520. The summed E-state index contributed by atoms with van der Waals surface area (Å²) >= 11 is 5.85. The van der Waals surface area contributed by atoms with Gasteiger partial charge in [0.15, 0.2) is 0 Å². The van der Waals surface area contributed by atoms with Crippen LogP contribution < -0.4 is 4.74 Å². The van der Waals surface area contributed by atoms with Crippen LogP contribution in [0, 0.1) is 5.41 Å². The van der Waals surface area contributed by atoms with Gasteiger partial charge < -0.3 is 4.74 Å². The molecule has 2 rings (SSSR count). The standard InChI is InChI=1S/C13H17Cl2NO3S/c14-11-6-12(8-16-7-11)19-9-13(10-20(15,17)18)4-2-1-3-5-13/h6-8H,1-5,9-10H2. The topological polar surface area (TPSA) is 56.3 Å². The zero-order valence-corrected chi connectivity index (χ0v) is 13.3. The highest BCUT2D eigenvalue weighted by Crippen LogP contribution is 2.38. The van der Waals surface area contributed by atoms with E-state index in [1.807, 2.05) is 0 Å². The summed E-state index contributed by atoms with van der Waals surface area (Å²) in [7, 11) is 1.90. The molecule has 0 radical (unpaired) electrons. The lowest BCUT2D eigenvalue weighted by molar-refractivity contribution is 0.119. The van der Waals surface area contributed by atoms with Crippen LogP contribution >= 0.6 is 22.3 Å². The Labute approximate surface area is 128 Å². The molecule has 0 N–H and O–H groups in total. The van der Waals surface area contributed by atoms with E-state index in [0.717, 1.165) is 32.1 Å². The molecular formula is C13H17Cl2NO3S. The SMILES string of the molecule is O=S(=O)(Cl)CC1(COc2cncc(Cl)c2)CCCCC1. The molecular weight excluding hydrogens is 321 g/mol. The van der Waals surface area contributed by atoms with Crippen LogP contribution in [0.15, 0.2) is 18.5 Å². The zero-order chi connectivity index (χ0) is 14.6. The van der Waals surface area contributed by atoms with E-state index in [-0.39, 0.29) is 5.75 Å². The summed E-state index contributed by atoms with van der Waals surface area (Å²) in [5.41, 5.74) is -0.402. The summed E-state index contributed by atoms with van der Waals surface area (Å²) in [5.74, 6) is 0.504. The van der Waals surface area contributed by atoms with Gasteiger partial charge in [0.05, 0.1) is 23.6 Å². The first kappa shape index (κ1) is 15.9. The molecule has 1 aromatic rings. The molecule has 1 aliphatic rings. The summed E-state index contributed by atoms with van der Waals surface area (Å²) in [6.07, 6.45) is 7.85. The summed E-state index contributed by atoms with van der Waals surface area (Å²) < 4.78 is 28.6. The smallest absolute Gasteiger partial charge is 0.233 e. The van der Waals surface area contributed by atoms with Crippen molar-refractivity contribution in [3.8, 4) is 5.75 Å². The lowest BCUT2D eigenvalue weighted by atomic mass is 9.76. The van der Waals surface area contributed by atoms with Crippen LogP contribution in [0.2, 0.25) is 5.02 Å². The predicted molar refractivity (Wildman–Crippen MR) is 79.9 cm³/mol. The van der Waals surface area contributed by atoms with Crippen LogP contribution in [0.5, 0.6) is 5.75 Å². The van der Waals surface area contributed by atoms with E-state index in [1.165, 1.54) is 6.20 Å². The monoisotopic (exact) mass is 337 g/mol. The highest BCUT2D eigenvalue weighted by atomic mass is 35.7. The summed E-state index contributed by atoms with van der Waals surface area (Å²) in [4.78, 5) is 3.94. The molecule has 7 heteroatoms. The van der Waals surface area contributed by atoms with Gasteiger partial charge >= 0.3 is 0 Å². The fourth-order valence-corrected chi connectivity index (χ4v) is 4.67. The molecule has 1 fully saturated rings. The van der Waals surface area contributed by atoms with Gasteiger partial charge in [0.2, 0.25) is 9.05 Å². The van der Waals surface area contributed by atoms with Crippen LogP contribution in [0.3, 0.4) is 0 Å². The molecule has 20 heavy (non-hydrogen) atoms. The number of hydrogen-bond acceptors (Lipinski definition) is 4. The number of rotatable bonds is 5. The van der Waals surface area contributed by atoms with Crippen molar-refractivity contribution in [2.75, 3.05) is 12.4 Å². The highest BCUT2D eigenvalue weighted by molar-refractivity contribution is 8.13. The first-order chi connectivity index (χ1) is 9.39. The van der Waals surface area contributed by atoms with Crippen LogP contribution in [0.25, 0.3) is 0 Å². The molecule has 0 bridgehead atoms. The van der Waals surface area contributed by atoms with Gasteiger partial charge in [-0.15, -0.1) is 0 Å². The Morgan fingerprint density at radius 3 is 2.55 bits per heavy atom. The number of halogens is 2. The van der Waals surface area contributed by atoms with Crippen molar-refractivity contribution in [3.63, 3.8) is 0 Å². The van der Waals surface area contributed by atoms with E-state index in [4.69, 9.17) is 27.0 Å². The second kappa shape index (κ2) is 6.50. The first-order valence-electron chi connectivity index (χ1n) is 6.54. The van der Waals surface area contributed by atoms with Crippen molar-refractivity contribution in [1.29, 1.82) is 0 Å². The van der Waals surface area contributed by atoms with Gasteiger partial charge in [-0.3, -0.25) is 4.98 Å². The van der Waals surface area contributed by atoms with Crippen molar-refractivity contribution in [2.45, 2.75) is 32.1 Å². The lowest BCUT2D eigenvalue weighted by Crippen LogP contribution is -2.36. The molecule has 1 aromatic heterocycles. The van der Waals surface area contributed by atoms with Crippen molar-refractivity contribution >= 4 is 31.3 Å². The maximum Gasteiger partial charge on any atom is 0.233 e. The third-order valence-electron chi connectivity index (χ3n) is 3.62. The molecule has 1 saturated carbocycles. The molecule has 1 heterocycles. The Kier molecular flexibility index (Phi) is 5.15. The molecule has 0 saturated heterocycles. The molecule has 0 aromatic carbocycles. The van der Waals surface area contributed by atoms with Crippen LogP contribution in [-0.2, 0) is 9.05 Å². The van der Waals surface area contributed by atoms with E-state index < -0.39 is 14.5 Å². The van der Waals surface area contributed by atoms with E-state index in [0.29, 0.717) is 17.4 Å². The average molecular weight is 338 g/mol. The Balaban J connectivity index is 2.08. The number of aromatic nitrogens is 1. The fourth-order valence-electron chi connectivity index (χ4n) is 2.71. The number of ether oxygens (including phenoxy) is 1. The second-order valence-electron chi connectivity index (χ2n) is 5.37. The Bertz CT molecular complexity index is 556. The molecule has 0 spiro atoms. The quantitative estimate of drug-likeness (QED) is 0.769. The normalized spacial score (nSPS) is 18.7. The van der Waals surface area contributed by atoms with Gasteiger partial charge in [-0.1, -0.05) is 30.9 Å². The summed E-state index contributed by atoms with van der Waals surface area (Å²) in [6, 6.07) is 1.67. The molecule has 0 atom stereocenters. The van der Waals surface area contributed by atoms with Crippen LogP contribution in [0.4, 0.5) is 0 Å². The third-order valence-corrected chi connectivity index (χ3v) is 5.11. The minimum absolute atomic E-state index is 0.0461. The molecule has 4 nitrogen and oxygen atoms in total. The molecule has 112 valence electrons. The molecule has 0 amide bonds. The minimum Gasteiger partial charge on any atom is -0.491 e. The van der Waals surface area contributed by atoms with Crippen LogP contribution in [0.1, 0.15) is 32.1 Å². The number of hydrogen-bond donors (Lipinski definition) is 0. The third kappa shape index (κ3) is 4.79. The van der Waals surface area contributed by atoms with E-state index in [1.54, 1.807) is 12.3 Å². The summed E-state index contributed by atoms with van der Waals surface area (Å²) in [5, 5.41) is 0.491. The van der Waals surface area contributed by atoms with Gasteiger partial charge in [-0.05, 0) is 12.8 Å². The van der Waals surface area contributed by atoms with Gasteiger partial charge in [-0.2, -0.15) is 0 Å². The maximum absolute atomic E-state index is 11.4. The van der Waals surface area contributed by atoms with E-state index in [9.17, 15) is 8.42 Å². The number of pyridine rings is 1. The van der Waals surface area contributed by atoms with Gasteiger partial charge in [0, 0.05) is 28.4 Å². The average Bonchev–Trinajstić information content (AvgIpc) is 2.36. The maximum atomic E-state index is 11.4. The summed E-state index contributed by atoms with van der Waals surface area (Å²) in [6.45, 7) is 0.320. The van der Waals surface area contributed by atoms with Crippen molar-refractivity contribution < 1.29 is 13.2 Å². The van der Waals surface area contributed by atoms with E-state index >= 15 is 0 Å². The van der Waals surface area contributed by atoms with Crippen LogP contribution in [-0.4, -0.2) is 25.8 Å². The fraction of sp³-hybridized carbons (Fsp3) is 0.615. The Morgan fingerprint density at radius 1 is 1.25 bits per heavy atom. The highest BCUT2D eigenvalue weighted by Gasteiger charge is 2.37. The predicted octanol–water partition coefficient (Wildman–Crippen LogP) is 3.63.